The molecule has 0 saturated carbocycles. The maximum Gasteiger partial charge on any atom is 0.243 e. The Kier molecular flexibility index (Phi) is 14.9. The van der Waals surface area contributed by atoms with Crippen LogP contribution in [0.25, 0.3) is 0 Å². The highest BCUT2D eigenvalue weighted by molar-refractivity contribution is 4.77. The molecule has 0 aliphatic heterocycles. The maximum atomic E-state index is 7.48. The number of aromatic nitrogens is 2. The predicted molar refractivity (Wildman–Crippen MR) is 91.8 cm³/mol. The first-order chi connectivity index (χ1) is 11.2. The molecule has 0 spiro atoms. The molecule has 0 radical (unpaired) electrons. The highest BCUT2D eigenvalue weighted by Crippen LogP contribution is 2.10. The minimum absolute atomic E-state index is 1.18. The van der Waals surface area contributed by atoms with Crippen molar-refractivity contribution >= 4 is 0 Å². The fraction of sp³-hybridized carbons (Fsp3) is 0.722. The third-order valence-corrected chi connectivity index (χ3v) is 3.71. The van der Waals surface area contributed by atoms with Gasteiger partial charge in [-0.3, -0.25) is 0 Å². The Hall–Kier alpha value is -2.01. The second-order valence-corrected chi connectivity index (χ2v) is 5.85. The highest BCUT2D eigenvalue weighted by atomic mass is 15.1. The molecule has 1 rings (SSSR count). The van der Waals surface area contributed by atoms with E-state index in [0.29, 0.717) is 0 Å². The van der Waals surface area contributed by atoms with Gasteiger partial charge in [0.25, 0.3) is 0 Å². The van der Waals surface area contributed by atoms with Gasteiger partial charge >= 0.3 is 0 Å². The fourth-order valence-electron chi connectivity index (χ4n) is 2.44. The van der Waals surface area contributed by atoms with Crippen molar-refractivity contribution in [3.05, 3.63) is 18.7 Å². The number of nitrogens with zero attached hydrogens (tertiary/aromatic N) is 4. The van der Waals surface area contributed by atoms with Gasteiger partial charge in [0, 0.05) is 0 Å². The molecule has 1 N–H and O–H groups in total. The van der Waals surface area contributed by atoms with Crippen LogP contribution in [0.4, 0.5) is 0 Å². The SMILES string of the molecule is CCCCCCCCCCCC[n+]1ccn(C)c1.N#CNC#N. The van der Waals surface area contributed by atoms with Crippen molar-refractivity contribution < 1.29 is 4.57 Å². The molecule has 1 heterocycles. The third-order valence-electron chi connectivity index (χ3n) is 3.71. The van der Waals surface area contributed by atoms with Gasteiger partial charge in [-0.05, 0) is 12.8 Å². The van der Waals surface area contributed by atoms with Gasteiger partial charge in [0.2, 0.25) is 6.33 Å². The normalized spacial score (nSPS) is 9.39. The number of rotatable bonds is 11. The molecule has 5 heteroatoms. The van der Waals surface area contributed by atoms with E-state index in [0.717, 1.165) is 0 Å². The molecular weight excluding hydrogens is 286 g/mol. The molecule has 1 aromatic rings. The summed E-state index contributed by atoms with van der Waals surface area (Å²) in [6.07, 6.45) is 23.4. The van der Waals surface area contributed by atoms with Crippen LogP contribution in [0.3, 0.4) is 0 Å². The van der Waals surface area contributed by atoms with Gasteiger partial charge < -0.3 is 0 Å². The summed E-state index contributed by atoms with van der Waals surface area (Å²) in [6.45, 7) is 3.46. The van der Waals surface area contributed by atoms with Gasteiger partial charge in [0.15, 0.2) is 12.4 Å². The molecule has 0 aromatic carbocycles. The largest absolute Gasteiger partial charge is 0.243 e. The van der Waals surface area contributed by atoms with Crippen molar-refractivity contribution in [3.8, 4) is 12.4 Å². The Bertz CT molecular complexity index is 441. The van der Waals surface area contributed by atoms with Crippen molar-refractivity contribution in [2.75, 3.05) is 0 Å². The Balaban J connectivity index is 0.000000841. The maximum absolute atomic E-state index is 7.48. The van der Waals surface area contributed by atoms with Crippen molar-refractivity contribution in [2.45, 2.75) is 77.7 Å². The summed E-state index contributed by atoms with van der Waals surface area (Å²) in [6, 6.07) is 0. The average molecular weight is 318 g/mol. The molecule has 0 bridgehead atoms. The number of hydrogen-bond donors (Lipinski definition) is 1. The van der Waals surface area contributed by atoms with Crippen LogP contribution in [0.1, 0.15) is 71.1 Å². The molecule has 1 aromatic heterocycles. The number of nitrogens with one attached hydrogen (secondary N) is 1. The lowest BCUT2D eigenvalue weighted by molar-refractivity contribution is -0.696. The van der Waals surface area contributed by atoms with Crippen LogP contribution in [-0.2, 0) is 13.6 Å². The van der Waals surface area contributed by atoms with Crippen LogP contribution >= 0.6 is 0 Å². The monoisotopic (exact) mass is 318 g/mol. The lowest BCUT2D eigenvalue weighted by Gasteiger charge is -2.01. The summed E-state index contributed by atoms with van der Waals surface area (Å²) in [7, 11) is 2.08. The van der Waals surface area contributed by atoms with Gasteiger partial charge in [-0.1, -0.05) is 58.3 Å². The molecule has 0 aliphatic carbocycles. The summed E-state index contributed by atoms with van der Waals surface area (Å²) in [5, 5.41) is 16.7. The van der Waals surface area contributed by atoms with Crippen LogP contribution in [-0.4, -0.2) is 4.57 Å². The van der Waals surface area contributed by atoms with Crippen LogP contribution in [0.2, 0.25) is 0 Å². The van der Waals surface area contributed by atoms with E-state index in [1.54, 1.807) is 5.32 Å². The molecule has 23 heavy (non-hydrogen) atoms. The Morgan fingerprint density at radius 2 is 1.43 bits per heavy atom. The number of aryl methyl sites for hydroxylation is 2. The second-order valence-electron chi connectivity index (χ2n) is 5.85. The molecule has 0 atom stereocenters. The summed E-state index contributed by atoms with van der Waals surface area (Å²) < 4.78 is 4.39. The standard InChI is InChI=1S/C16H31N2.C2HN3/c1-3-4-5-6-7-8-9-10-11-12-13-18-15-14-17(2)16-18;3-1-5-2-4/h14-16H,3-13H2,1-2H3;5H/q+1;. The Labute approximate surface area is 141 Å². The van der Waals surface area contributed by atoms with Gasteiger partial charge in [-0.15, -0.1) is 0 Å². The van der Waals surface area contributed by atoms with E-state index < -0.39 is 0 Å². The molecule has 0 saturated heterocycles. The summed E-state index contributed by atoms with van der Waals surface area (Å²) in [5.41, 5.74) is 0. The zero-order chi connectivity index (χ0) is 17.2. The lowest BCUT2D eigenvalue weighted by Crippen LogP contribution is -2.30. The van der Waals surface area contributed by atoms with Crippen molar-refractivity contribution in [2.24, 2.45) is 7.05 Å². The first-order valence-electron chi connectivity index (χ1n) is 8.78. The quantitative estimate of drug-likeness (QED) is 0.292. The summed E-state index contributed by atoms with van der Waals surface area (Å²) >= 11 is 0. The van der Waals surface area contributed by atoms with Crippen molar-refractivity contribution in [1.29, 1.82) is 10.5 Å². The number of unbranched alkanes of at least 4 members (excludes halogenated alkanes) is 9. The van der Waals surface area contributed by atoms with Crippen molar-refractivity contribution in [1.82, 2.24) is 9.88 Å². The predicted octanol–water partition coefficient (Wildman–Crippen LogP) is 3.77. The van der Waals surface area contributed by atoms with E-state index in [4.69, 9.17) is 10.5 Å². The second kappa shape index (κ2) is 16.4. The zero-order valence-electron chi connectivity index (χ0n) is 14.8. The van der Waals surface area contributed by atoms with E-state index in [2.05, 4.69) is 41.8 Å². The summed E-state index contributed by atoms with van der Waals surface area (Å²) in [4.78, 5) is 0. The molecule has 0 aliphatic rings. The van der Waals surface area contributed by atoms with Gasteiger partial charge in [-0.2, -0.15) is 10.5 Å². The average Bonchev–Trinajstić information content (AvgIpc) is 2.96. The van der Waals surface area contributed by atoms with Crippen LogP contribution in [0, 0.1) is 22.9 Å². The molecular formula is C18H32N5+. The van der Waals surface area contributed by atoms with E-state index in [1.807, 2.05) is 0 Å². The van der Waals surface area contributed by atoms with Crippen LogP contribution in [0.15, 0.2) is 18.7 Å². The smallest absolute Gasteiger partial charge is 0.240 e. The number of hydrogen-bond acceptors (Lipinski definition) is 3. The Morgan fingerprint density at radius 1 is 0.913 bits per heavy atom. The molecule has 0 unspecified atom stereocenters. The molecule has 5 nitrogen and oxygen atoms in total. The minimum Gasteiger partial charge on any atom is -0.240 e. The zero-order valence-corrected chi connectivity index (χ0v) is 14.8. The number of imidazole rings is 1. The summed E-state index contributed by atoms with van der Waals surface area (Å²) in [5.74, 6) is 0. The molecule has 0 amide bonds. The van der Waals surface area contributed by atoms with E-state index in [1.165, 1.54) is 83.1 Å². The highest BCUT2D eigenvalue weighted by Gasteiger charge is 1.99. The van der Waals surface area contributed by atoms with Crippen LogP contribution < -0.4 is 9.88 Å². The third kappa shape index (κ3) is 14.7. The van der Waals surface area contributed by atoms with Gasteiger partial charge in [-0.25, -0.2) is 14.5 Å². The first kappa shape index (κ1) is 21.0. The van der Waals surface area contributed by atoms with Gasteiger partial charge in [0.1, 0.15) is 12.4 Å². The van der Waals surface area contributed by atoms with Crippen molar-refractivity contribution in [3.63, 3.8) is 0 Å². The fourth-order valence-corrected chi connectivity index (χ4v) is 2.44. The number of nitriles is 2. The molecule has 128 valence electrons. The topological polar surface area (TPSA) is 68.4 Å². The Morgan fingerprint density at radius 3 is 1.83 bits per heavy atom. The van der Waals surface area contributed by atoms with E-state index in [9.17, 15) is 0 Å². The van der Waals surface area contributed by atoms with E-state index >= 15 is 0 Å². The van der Waals surface area contributed by atoms with Crippen LogP contribution in [0.5, 0.6) is 0 Å². The first-order valence-corrected chi connectivity index (χ1v) is 8.78. The minimum atomic E-state index is 1.18. The van der Waals surface area contributed by atoms with Gasteiger partial charge in [0.05, 0.1) is 13.6 Å². The lowest BCUT2D eigenvalue weighted by atomic mass is 10.1. The molecule has 0 fully saturated rings. The van der Waals surface area contributed by atoms with E-state index in [-0.39, 0.29) is 0 Å².